The molecule has 0 radical (unpaired) electrons. The summed E-state index contributed by atoms with van der Waals surface area (Å²) >= 11 is 0. The Kier molecular flexibility index (Phi) is 6.41. The molecule has 1 unspecified atom stereocenters. The van der Waals surface area contributed by atoms with Crippen molar-refractivity contribution >= 4 is 11.8 Å². The van der Waals surface area contributed by atoms with Gasteiger partial charge in [0.05, 0.1) is 11.5 Å². The number of hydrogen-bond acceptors (Lipinski definition) is 4. The first-order valence-electron chi connectivity index (χ1n) is 8.84. The van der Waals surface area contributed by atoms with Crippen molar-refractivity contribution in [1.29, 1.82) is 0 Å². The summed E-state index contributed by atoms with van der Waals surface area (Å²) in [6.07, 6.45) is 4.30. The summed E-state index contributed by atoms with van der Waals surface area (Å²) < 4.78 is 5.33. The Balaban J connectivity index is 1.95. The number of hydrogen-bond donors (Lipinski definition) is 2. The molecule has 0 bridgehead atoms. The van der Waals surface area contributed by atoms with Gasteiger partial charge in [-0.15, -0.1) is 0 Å². The number of rotatable bonds is 6. The van der Waals surface area contributed by atoms with Gasteiger partial charge in [0.2, 0.25) is 11.8 Å². The Hall–Kier alpha value is -1.14. The zero-order chi connectivity index (χ0) is 16.9. The molecule has 2 aliphatic rings. The van der Waals surface area contributed by atoms with Crippen LogP contribution in [0.3, 0.4) is 0 Å². The molecule has 0 saturated carbocycles. The lowest BCUT2D eigenvalue weighted by Gasteiger charge is -2.38. The number of carbonyl (C=O) groups is 2. The van der Waals surface area contributed by atoms with Crippen LogP contribution in [0.5, 0.6) is 0 Å². The van der Waals surface area contributed by atoms with Crippen LogP contribution in [0, 0.1) is 11.3 Å². The van der Waals surface area contributed by atoms with E-state index in [4.69, 9.17) is 10.5 Å². The molecule has 23 heavy (non-hydrogen) atoms. The highest BCUT2D eigenvalue weighted by atomic mass is 16.5. The molecule has 0 spiro atoms. The predicted octanol–water partition coefficient (Wildman–Crippen LogP) is 0.895. The maximum atomic E-state index is 12.7. The summed E-state index contributed by atoms with van der Waals surface area (Å²) in [4.78, 5) is 26.8. The van der Waals surface area contributed by atoms with E-state index in [1.807, 2.05) is 0 Å². The number of piperidine rings is 1. The van der Waals surface area contributed by atoms with Crippen LogP contribution in [0.2, 0.25) is 0 Å². The fraction of sp³-hybridized carbons (Fsp3) is 0.882. The molecule has 2 rings (SSSR count). The Labute approximate surface area is 139 Å². The summed E-state index contributed by atoms with van der Waals surface area (Å²) in [6, 6.07) is -0.0732. The van der Waals surface area contributed by atoms with Crippen LogP contribution < -0.4 is 11.1 Å². The van der Waals surface area contributed by atoms with E-state index in [0.717, 1.165) is 32.4 Å². The van der Waals surface area contributed by atoms with E-state index in [0.29, 0.717) is 38.5 Å². The van der Waals surface area contributed by atoms with Crippen molar-refractivity contribution in [1.82, 2.24) is 10.2 Å². The molecule has 2 saturated heterocycles. The van der Waals surface area contributed by atoms with Crippen LogP contribution in [0.15, 0.2) is 0 Å². The molecule has 2 aliphatic heterocycles. The van der Waals surface area contributed by atoms with Gasteiger partial charge in [-0.1, -0.05) is 20.3 Å². The molecule has 2 fully saturated rings. The van der Waals surface area contributed by atoms with E-state index in [1.165, 1.54) is 0 Å². The van der Waals surface area contributed by atoms with E-state index in [-0.39, 0.29) is 17.9 Å². The average molecular weight is 325 g/mol. The number of amides is 2. The average Bonchev–Trinajstić information content (AvgIpc) is 2.53. The minimum absolute atomic E-state index is 0.0393. The zero-order valence-electron chi connectivity index (χ0n) is 14.5. The smallest absolute Gasteiger partial charge is 0.237 e. The first-order chi connectivity index (χ1) is 10.9. The lowest BCUT2D eigenvalue weighted by Crippen LogP contribution is -2.55. The van der Waals surface area contributed by atoms with E-state index in [9.17, 15) is 9.59 Å². The van der Waals surface area contributed by atoms with Crippen molar-refractivity contribution in [3.05, 3.63) is 0 Å². The molecule has 2 amide bonds. The topological polar surface area (TPSA) is 84.7 Å². The van der Waals surface area contributed by atoms with Crippen molar-refractivity contribution in [3.8, 4) is 0 Å². The monoisotopic (exact) mass is 325 g/mol. The van der Waals surface area contributed by atoms with Crippen molar-refractivity contribution < 1.29 is 14.3 Å². The van der Waals surface area contributed by atoms with Gasteiger partial charge in [-0.25, -0.2) is 0 Å². The third-order valence-corrected chi connectivity index (χ3v) is 5.09. The van der Waals surface area contributed by atoms with Crippen LogP contribution >= 0.6 is 0 Å². The largest absolute Gasteiger partial charge is 0.381 e. The highest BCUT2D eigenvalue weighted by Crippen LogP contribution is 2.29. The Morgan fingerprint density at radius 2 is 2.00 bits per heavy atom. The molecule has 3 N–H and O–H groups in total. The molecule has 0 aromatic heterocycles. The van der Waals surface area contributed by atoms with Gasteiger partial charge in [-0.05, 0) is 38.1 Å². The highest BCUT2D eigenvalue weighted by molar-refractivity contribution is 5.84. The third kappa shape index (κ3) is 4.67. The van der Waals surface area contributed by atoms with Crippen molar-refractivity contribution in [2.45, 2.75) is 52.0 Å². The van der Waals surface area contributed by atoms with Gasteiger partial charge in [0.1, 0.15) is 0 Å². The third-order valence-electron chi connectivity index (χ3n) is 5.09. The minimum Gasteiger partial charge on any atom is -0.381 e. The Morgan fingerprint density at radius 1 is 1.30 bits per heavy atom. The number of nitrogens with two attached hydrogens (primary N) is 1. The molecule has 0 aromatic rings. The summed E-state index contributed by atoms with van der Waals surface area (Å²) in [7, 11) is 0. The maximum absolute atomic E-state index is 12.7. The molecule has 0 aliphatic carbocycles. The number of nitrogens with one attached hydrogen (secondary N) is 1. The first kappa shape index (κ1) is 18.2. The van der Waals surface area contributed by atoms with Gasteiger partial charge in [0.25, 0.3) is 0 Å². The van der Waals surface area contributed by atoms with Gasteiger partial charge >= 0.3 is 0 Å². The number of ether oxygens (including phenoxy) is 1. The second kappa shape index (κ2) is 8.11. The fourth-order valence-corrected chi connectivity index (χ4v) is 3.62. The minimum atomic E-state index is -0.647. The molecule has 2 heterocycles. The summed E-state index contributed by atoms with van der Waals surface area (Å²) in [5.74, 6) is 0.247. The summed E-state index contributed by atoms with van der Waals surface area (Å²) in [5.41, 5.74) is 4.96. The number of carbonyl (C=O) groups excluding carboxylic acids is 2. The number of nitrogens with zero attached hydrogens (tertiary/aromatic N) is 1. The lowest BCUT2D eigenvalue weighted by atomic mass is 9.79. The van der Waals surface area contributed by atoms with Crippen LogP contribution in [0.25, 0.3) is 0 Å². The van der Waals surface area contributed by atoms with Gasteiger partial charge in [-0.3, -0.25) is 14.5 Å². The van der Waals surface area contributed by atoms with Crippen molar-refractivity contribution in [2.24, 2.45) is 17.1 Å². The first-order valence-corrected chi connectivity index (χ1v) is 8.84. The summed E-state index contributed by atoms with van der Waals surface area (Å²) in [6.45, 7) is 7.65. The molecular weight excluding hydrogens is 294 g/mol. The van der Waals surface area contributed by atoms with Crippen molar-refractivity contribution in [2.75, 3.05) is 32.8 Å². The van der Waals surface area contributed by atoms with E-state index < -0.39 is 5.41 Å². The van der Waals surface area contributed by atoms with E-state index in [1.54, 1.807) is 0 Å². The molecule has 1 atom stereocenters. The normalized spacial score (nSPS) is 25.3. The van der Waals surface area contributed by atoms with Crippen LogP contribution in [-0.2, 0) is 14.3 Å². The standard InChI is InChI=1S/C17H31N3O3/c1-13(2)11-20-8-4-3-5-14(20)15(21)19-12-17(16(18)22)6-9-23-10-7-17/h13-14H,3-12H2,1-2H3,(H2,18,22)(H,19,21). The Bertz CT molecular complexity index is 419. The van der Waals surface area contributed by atoms with Crippen LogP contribution in [-0.4, -0.2) is 55.6 Å². The molecule has 6 heteroatoms. The molecule has 0 aromatic carbocycles. The van der Waals surface area contributed by atoms with Gasteiger partial charge in [0, 0.05) is 26.3 Å². The maximum Gasteiger partial charge on any atom is 0.237 e. The number of primary amides is 1. The second-order valence-electron chi connectivity index (χ2n) is 7.38. The van der Waals surface area contributed by atoms with E-state index in [2.05, 4.69) is 24.1 Å². The Morgan fingerprint density at radius 3 is 2.61 bits per heavy atom. The van der Waals surface area contributed by atoms with Gasteiger partial charge in [-0.2, -0.15) is 0 Å². The van der Waals surface area contributed by atoms with E-state index >= 15 is 0 Å². The predicted molar refractivity (Wildman–Crippen MR) is 88.7 cm³/mol. The molecular formula is C17H31N3O3. The van der Waals surface area contributed by atoms with Crippen molar-refractivity contribution in [3.63, 3.8) is 0 Å². The van der Waals surface area contributed by atoms with Gasteiger partial charge in [0.15, 0.2) is 0 Å². The van der Waals surface area contributed by atoms with Gasteiger partial charge < -0.3 is 15.8 Å². The quantitative estimate of drug-likeness (QED) is 0.760. The highest BCUT2D eigenvalue weighted by Gasteiger charge is 2.39. The lowest BCUT2D eigenvalue weighted by molar-refractivity contribution is -0.135. The fourth-order valence-electron chi connectivity index (χ4n) is 3.62. The zero-order valence-corrected chi connectivity index (χ0v) is 14.5. The molecule has 6 nitrogen and oxygen atoms in total. The molecule has 132 valence electrons. The number of likely N-dealkylation sites (tertiary alicyclic amines) is 1. The summed E-state index contributed by atoms with van der Waals surface area (Å²) in [5, 5.41) is 3.01. The van der Waals surface area contributed by atoms with Crippen LogP contribution in [0.4, 0.5) is 0 Å². The second-order valence-corrected chi connectivity index (χ2v) is 7.38. The SMILES string of the molecule is CC(C)CN1CCCCC1C(=O)NCC1(C(N)=O)CCOCC1. The van der Waals surface area contributed by atoms with Crippen LogP contribution in [0.1, 0.15) is 46.0 Å².